The number of rotatable bonds is 32. The molecule has 0 saturated carbocycles. The van der Waals surface area contributed by atoms with Crippen LogP contribution in [0.2, 0.25) is 0 Å². The number of fused-ring (bicyclic) bond motifs is 1. The first-order chi connectivity index (χ1) is 37.7. The van der Waals surface area contributed by atoms with Gasteiger partial charge in [0.2, 0.25) is 18.3 Å². The average Bonchev–Trinajstić information content (AvgIpc) is 4.24. The smallest absolute Gasteiger partial charge is 0.305 e. The van der Waals surface area contributed by atoms with Gasteiger partial charge in [0, 0.05) is 56.6 Å². The van der Waals surface area contributed by atoms with Gasteiger partial charge in [0.15, 0.2) is 0 Å². The molecule has 3 amide bonds. The van der Waals surface area contributed by atoms with Gasteiger partial charge in [-0.3, -0.25) is 43.3 Å². The Kier molecular flexibility index (Phi) is 26.0. The number of nitrogen functional groups attached to an aromatic ring is 1. The molecule has 0 radical (unpaired) electrons. The van der Waals surface area contributed by atoms with Crippen molar-refractivity contribution in [3.05, 3.63) is 107 Å². The van der Waals surface area contributed by atoms with Crippen LogP contribution in [0, 0.1) is 13.8 Å². The van der Waals surface area contributed by atoms with Crippen LogP contribution in [-0.2, 0) is 51.8 Å². The summed E-state index contributed by atoms with van der Waals surface area (Å²) in [6.45, 7) is 12.8. The van der Waals surface area contributed by atoms with Crippen LogP contribution in [0.4, 0.5) is 23.0 Å². The zero-order chi connectivity index (χ0) is 57.0. The normalized spacial score (nSPS) is 11.0. The van der Waals surface area contributed by atoms with Gasteiger partial charge in [-0.05, 0) is 84.3 Å². The standard InChI is InChI=1S/C50H66N14O9.CH3NO.CH5N/c1-6-63-39(24-34(3)58-63)32-60(46-40(51)26-36(33-65)27-43(46)72-18-11-10-16-61-31-38(30-55-61)54-13-12-45(66)67)15-8-9-17-62-47-41(56-50(62)57-49(69)42-25-35(4)59-64(42)7-2)28-37(48(52)68)29-44(47)73-23-22-71-21-20-70-19-14-53-5;2-1-3;1-2/h8-11,24-31,33,53-54H,6-7,12-23,32,51H2,1-5H3,(H2,52,68)(H,66,67)(H,56,57,69);1H,(H2,2,3);2H2,1H3/b9-8+,11-10+;;. The van der Waals surface area contributed by atoms with Gasteiger partial charge in [-0.2, -0.15) is 15.3 Å². The van der Waals surface area contributed by atoms with E-state index in [9.17, 15) is 19.2 Å². The van der Waals surface area contributed by atoms with E-state index < -0.39 is 17.8 Å². The number of hydrogen-bond acceptors (Lipinski definition) is 18. The van der Waals surface area contributed by atoms with E-state index in [1.807, 2.05) is 74.7 Å². The molecular formula is C52H74N16O10. The van der Waals surface area contributed by atoms with Crippen LogP contribution in [0.5, 0.6) is 11.5 Å². The van der Waals surface area contributed by atoms with Crippen molar-refractivity contribution >= 4 is 64.5 Å². The number of carboxylic acids is 1. The first kappa shape index (κ1) is 62.0. The molecule has 0 aliphatic carbocycles. The lowest BCUT2D eigenvalue weighted by Gasteiger charge is -2.27. The highest BCUT2D eigenvalue weighted by atomic mass is 16.5. The average molecular weight is 1080 g/mol. The van der Waals surface area contributed by atoms with Crippen LogP contribution in [0.25, 0.3) is 11.0 Å². The second-order valence-electron chi connectivity index (χ2n) is 16.8. The molecule has 6 aromatic rings. The van der Waals surface area contributed by atoms with Crippen molar-refractivity contribution in [3.8, 4) is 11.5 Å². The highest BCUT2D eigenvalue weighted by molar-refractivity contribution is 6.04. The molecule has 2 aromatic carbocycles. The number of ether oxygens (including phenoxy) is 4. The van der Waals surface area contributed by atoms with E-state index in [1.165, 1.54) is 7.05 Å². The number of likely N-dealkylation sites (N-methyl/N-ethyl adjacent to an activating group) is 1. The van der Waals surface area contributed by atoms with Crippen molar-refractivity contribution in [2.75, 3.05) is 94.6 Å². The molecular weight excluding hydrogens is 1010 g/mol. The third-order valence-electron chi connectivity index (χ3n) is 11.2. The van der Waals surface area contributed by atoms with Crippen molar-refractivity contribution in [2.24, 2.45) is 17.2 Å². The van der Waals surface area contributed by atoms with E-state index in [1.54, 1.807) is 56.7 Å². The highest BCUT2D eigenvalue weighted by Gasteiger charge is 2.23. The molecule has 4 aromatic heterocycles. The third kappa shape index (κ3) is 18.6. The number of nitrogens with zero attached hydrogens (tertiary/aromatic N) is 9. The van der Waals surface area contributed by atoms with Crippen LogP contribution in [0.3, 0.4) is 0 Å². The number of amides is 3. The number of aryl methyl sites for hydroxylation is 4. The fourth-order valence-electron chi connectivity index (χ4n) is 7.83. The minimum Gasteiger partial charge on any atom is -0.489 e. The topological polar surface area (TPSA) is 357 Å². The molecule has 0 atom stereocenters. The summed E-state index contributed by atoms with van der Waals surface area (Å²) in [5.41, 5.74) is 27.0. The molecule has 6 rings (SSSR count). The van der Waals surface area contributed by atoms with Gasteiger partial charge in [-0.25, -0.2) is 4.98 Å². The lowest BCUT2D eigenvalue weighted by molar-refractivity contribution is -0.136. The molecule has 0 bridgehead atoms. The molecule has 12 N–H and O–H groups in total. The van der Waals surface area contributed by atoms with Gasteiger partial charge in [-0.1, -0.05) is 18.2 Å². The predicted octanol–water partition coefficient (Wildman–Crippen LogP) is 3.12. The number of nitrogens with two attached hydrogens (primary N) is 4. The van der Waals surface area contributed by atoms with E-state index in [0.717, 1.165) is 17.9 Å². The zero-order valence-electron chi connectivity index (χ0n) is 45.1. The SMILES string of the molecule is CCn1nc(C)cc1CN(C/C=C/Cn1c(NC(=O)c2cc(C)nn2CC)nc2cc(C(N)=O)cc(OCCOCCOCCNC)c21)c1c(N)cc(C=O)cc1OC/C=C/Cn1cc(NCCC(=O)O)cn1.CN.NC=O. The number of anilines is 4. The Morgan fingerprint density at radius 2 is 1.53 bits per heavy atom. The molecule has 422 valence electrons. The molecule has 0 aliphatic rings. The van der Waals surface area contributed by atoms with Crippen molar-refractivity contribution in [3.63, 3.8) is 0 Å². The Morgan fingerprint density at radius 1 is 0.833 bits per heavy atom. The van der Waals surface area contributed by atoms with Crippen molar-refractivity contribution < 1.29 is 48.0 Å². The number of primary amides is 2. The number of allylic oxidation sites excluding steroid dienone is 2. The fourth-order valence-corrected chi connectivity index (χ4v) is 7.83. The Hall–Kier alpha value is -8.59. The number of aldehydes is 1. The summed E-state index contributed by atoms with van der Waals surface area (Å²) in [5, 5.41) is 31.4. The van der Waals surface area contributed by atoms with Crippen LogP contribution < -0.4 is 53.3 Å². The third-order valence-corrected chi connectivity index (χ3v) is 11.2. The Balaban J connectivity index is 0.00000253. The van der Waals surface area contributed by atoms with E-state index in [4.69, 9.17) is 45.3 Å². The molecule has 26 nitrogen and oxygen atoms in total. The fraction of sp³-hybridized carbons (Fsp3) is 0.404. The van der Waals surface area contributed by atoms with Crippen LogP contribution >= 0.6 is 0 Å². The molecule has 26 heteroatoms. The summed E-state index contributed by atoms with van der Waals surface area (Å²) in [5.74, 6) is -1.14. The largest absolute Gasteiger partial charge is 0.489 e. The van der Waals surface area contributed by atoms with E-state index in [-0.39, 0.29) is 57.3 Å². The van der Waals surface area contributed by atoms with Gasteiger partial charge in [-0.15, -0.1) is 0 Å². The van der Waals surface area contributed by atoms with Crippen molar-refractivity contribution in [1.82, 2.24) is 44.2 Å². The van der Waals surface area contributed by atoms with E-state index >= 15 is 0 Å². The van der Waals surface area contributed by atoms with Gasteiger partial charge < -0.3 is 67.1 Å². The minimum atomic E-state index is -0.890. The monoisotopic (exact) mass is 1080 g/mol. The van der Waals surface area contributed by atoms with Crippen LogP contribution in [0.15, 0.2) is 73.1 Å². The van der Waals surface area contributed by atoms with Gasteiger partial charge in [0.1, 0.15) is 47.9 Å². The number of carboxylic acid groups (broad SMARTS) is 1. The first-order valence-corrected chi connectivity index (χ1v) is 25.2. The second kappa shape index (κ2) is 32.8. The lowest BCUT2D eigenvalue weighted by atomic mass is 10.1. The maximum atomic E-state index is 13.9. The first-order valence-electron chi connectivity index (χ1n) is 25.2. The molecule has 0 aliphatic heterocycles. The Morgan fingerprint density at radius 3 is 2.22 bits per heavy atom. The van der Waals surface area contributed by atoms with Gasteiger partial charge >= 0.3 is 5.97 Å². The van der Waals surface area contributed by atoms with Gasteiger partial charge in [0.05, 0.1) is 86.1 Å². The maximum absolute atomic E-state index is 13.9. The molecule has 0 unspecified atom stereocenters. The predicted molar refractivity (Wildman–Crippen MR) is 297 cm³/mol. The van der Waals surface area contributed by atoms with Crippen molar-refractivity contribution in [2.45, 2.75) is 66.8 Å². The zero-order valence-corrected chi connectivity index (χ0v) is 45.1. The summed E-state index contributed by atoms with van der Waals surface area (Å²) >= 11 is 0. The van der Waals surface area contributed by atoms with E-state index in [0.29, 0.717) is 115 Å². The van der Waals surface area contributed by atoms with Crippen LogP contribution in [-0.4, -0.2) is 148 Å². The summed E-state index contributed by atoms with van der Waals surface area (Å²) in [4.78, 5) is 65.0. The Bertz CT molecular complexity index is 2940. The summed E-state index contributed by atoms with van der Waals surface area (Å²) in [6.07, 6.45) is 11.9. The second-order valence-corrected chi connectivity index (χ2v) is 16.8. The number of hydrogen-bond donors (Lipinski definition) is 8. The molecule has 4 heterocycles. The number of imidazole rings is 1. The summed E-state index contributed by atoms with van der Waals surface area (Å²) in [7, 11) is 3.35. The summed E-state index contributed by atoms with van der Waals surface area (Å²) in [6, 6.07) is 10.1. The number of aromatic nitrogens is 8. The molecule has 0 fully saturated rings. The number of nitrogens with one attached hydrogen (secondary N) is 3. The molecule has 78 heavy (non-hydrogen) atoms. The maximum Gasteiger partial charge on any atom is 0.305 e. The van der Waals surface area contributed by atoms with E-state index in [2.05, 4.69) is 42.7 Å². The number of carbonyl (C=O) groups excluding carboxylic acids is 4. The number of benzene rings is 2. The highest BCUT2D eigenvalue weighted by Crippen LogP contribution is 2.37. The van der Waals surface area contributed by atoms with Crippen molar-refractivity contribution in [1.29, 1.82) is 0 Å². The summed E-state index contributed by atoms with van der Waals surface area (Å²) < 4.78 is 30.9. The molecule has 0 spiro atoms. The Labute approximate surface area is 452 Å². The quantitative estimate of drug-likeness (QED) is 0.0130. The van der Waals surface area contributed by atoms with Gasteiger partial charge in [0.25, 0.3) is 5.91 Å². The number of carbonyl (C=O) groups is 5. The lowest BCUT2D eigenvalue weighted by Crippen LogP contribution is -2.26. The molecule has 0 saturated heterocycles. The van der Waals surface area contributed by atoms with Crippen LogP contribution in [0.1, 0.15) is 68.6 Å². The number of aliphatic carboxylic acids is 1. The minimum absolute atomic E-state index is 0.0149.